The molecule has 0 aliphatic carbocycles. The average Bonchev–Trinajstić information content (AvgIpc) is 3.53. The lowest BCUT2D eigenvalue weighted by molar-refractivity contribution is -0.284. The Hall–Kier alpha value is -4.31. The van der Waals surface area contributed by atoms with Crippen LogP contribution >= 0.6 is 0 Å². The summed E-state index contributed by atoms with van der Waals surface area (Å²) >= 11 is 0. The Bertz CT molecular complexity index is 1670. The molecule has 4 aromatic heterocycles. The van der Waals surface area contributed by atoms with Crippen LogP contribution in [0.3, 0.4) is 0 Å². The molecule has 4 aromatic rings. The van der Waals surface area contributed by atoms with Gasteiger partial charge in [-0.15, -0.1) is 0 Å². The van der Waals surface area contributed by atoms with Crippen LogP contribution in [0.15, 0.2) is 10.7 Å². The van der Waals surface area contributed by atoms with Crippen molar-refractivity contribution in [3.05, 3.63) is 29.3 Å². The Balaban J connectivity index is 1.66. The molecule has 1 amide bonds. The minimum atomic E-state index is -5.82. The summed E-state index contributed by atoms with van der Waals surface area (Å²) in [6, 6.07) is 0. The number of aromatic nitrogens is 8. The molecule has 1 aliphatic heterocycles. The maximum atomic E-state index is 13.6. The maximum absolute atomic E-state index is 13.6. The van der Waals surface area contributed by atoms with E-state index < -0.39 is 54.7 Å². The molecule has 0 aromatic carbocycles. The quantitative estimate of drug-likeness (QED) is 0.369. The third-order valence-corrected chi connectivity index (χ3v) is 5.86. The summed E-state index contributed by atoms with van der Waals surface area (Å²) in [7, 11) is 0. The van der Waals surface area contributed by atoms with Gasteiger partial charge in [0, 0.05) is 30.9 Å². The number of halogens is 5. The van der Waals surface area contributed by atoms with E-state index in [-0.39, 0.29) is 45.8 Å². The number of carbonyl (C=O) groups is 1. The van der Waals surface area contributed by atoms with Crippen molar-refractivity contribution >= 4 is 28.6 Å². The fourth-order valence-electron chi connectivity index (χ4n) is 3.88. The monoisotopic (exact) mass is 527 g/mol. The van der Waals surface area contributed by atoms with Crippen LogP contribution in [0.5, 0.6) is 0 Å². The largest absolute Gasteiger partial charge is 0.453 e. The summed E-state index contributed by atoms with van der Waals surface area (Å²) in [5.74, 6) is -6.75. The highest BCUT2D eigenvalue weighted by atomic mass is 19.4. The Morgan fingerprint density at radius 3 is 2.59 bits per heavy atom. The summed E-state index contributed by atoms with van der Waals surface area (Å²) in [6.07, 6.45) is -7.48. The number of carbonyl (C=O) groups excluding carboxylic acids is 1. The second-order valence-corrected chi connectivity index (χ2v) is 8.36. The van der Waals surface area contributed by atoms with E-state index in [0.717, 1.165) is 6.20 Å². The molecule has 0 fully saturated rings. The highest BCUT2D eigenvalue weighted by molar-refractivity contribution is 6.08. The van der Waals surface area contributed by atoms with Crippen LogP contribution in [0, 0.1) is 6.92 Å². The van der Waals surface area contributed by atoms with Crippen molar-refractivity contribution in [2.75, 3.05) is 11.1 Å². The van der Waals surface area contributed by atoms with Crippen LogP contribution in [-0.4, -0.2) is 57.9 Å². The van der Waals surface area contributed by atoms with E-state index in [1.807, 2.05) is 0 Å². The van der Waals surface area contributed by atoms with Crippen molar-refractivity contribution in [2.24, 2.45) is 6.98 Å². The van der Waals surface area contributed by atoms with Gasteiger partial charge in [-0.2, -0.15) is 32.0 Å². The first-order valence-electron chi connectivity index (χ1n) is 11.9. The van der Waals surface area contributed by atoms with Gasteiger partial charge in [0.05, 0.1) is 17.1 Å². The van der Waals surface area contributed by atoms with Gasteiger partial charge in [-0.3, -0.25) is 9.48 Å². The number of hydrogen-bond donors (Lipinski definition) is 2. The van der Waals surface area contributed by atoms with Gasteiger partial charge >= 0.3 is 12.1 Å². The number of nitrogens with two attached hydrogens (primary N) is 1. The molecule has 5 heterocycles. The van der Waals surface area contributed by atoms with Crippen LogP contribution in [0.1, 0.15) is 40.6 Å². The van der Waals surface area contributed by atoms with Gasteiger partial charge in [0.15, 0.2) is 17.3 Å². The summed E-state index contributed by atoms with van der Waals surface area (Å²) in [6.45, 7) is 0.0788. The van der Waals surface area contributed by atoms with Gasteiger partial charge in [-0.25, -0.2) is 19.9 Å². The van der Waals surface area contributed by atoms with Crippen LogP contribution in [0.25, 0.3) is 22.6 Å². The molecule has 0 spiro atoms. The summed E-state index contributed by atoms with van der Waals surface area (Å²) in [5.41, 5.74) is 4.08. The van der Waals surface area contributed by atoms with Crippen molar-refractivity contribution in [1.29, 1.82) is 0 Å². The number of hydrogen-bond acceptors (Lipinski definition) is 10. The van der Waals surface area contributed by atoms with E-state index in [1.165, 1.54) is 13.8 Å². The number of rotatable bonds is 5. The number of nitrogens with one attached hydrogen (secondary N) is 1. The fraction of sp³-hybridized carbons (Fsp3) is 0.400. The first-order chi connectivity index (χ1) is 18.4. The van der Waals surface area contributed by atoms with Gasteiger partial charge < -0.3 is 15.6 Å². The molecular weight excluding hydrogens is 507 g/mol. The SMILES string of the molecule is [2H]C([2H])([2H])n1ncc2c(-c3nc(N)c4c(n3)NC(=O)C4(C)c3noc(C)n3)nc(CCC(F)(F)C(F)(F)F)nc21. The topological polar surface area (TPSA) is 163 Å². The second-order valence-electron chi connectivity index (χ2n) is 8.36. The van der Waals surface area contributed by atoms with Crippen molar-refractivity contribution in [2.45, 2.75) is 44.2 Å². The second kappa shape index (κ2) is 7.84. The Kier molecular flexibility index (Phi) is 4.42. The number of nitrogens with zero attached hydrogens (tertiary/aromatic N) is 8. The van der Waals surface area contributed by atoms with Gasteiger partial charge in [0.25, 0.3) is 0 Å². The molecule has 12 nitrogen and oxygen atoms in total. The standard InChI is InChI=1S/C20H17F5N10O2/c1-7-28-16(34-37-7)18(2)10-12(26)31-14(32-13(10)33-17(18)36)11-8-6-27-35(3)15(8)30-9(29-11)4-5-19(21,22)20(23,24)25/h6H,4-5H2,1-3H3,(H3,26,31,32,33,36)/i3D3. The van der Waals surface area contributed by atoms with Crippen LogP contribution in [-0.2, 0) is 23.6 Å². The minimum absolute atomic E-state index is 0.0273. The Labute approximate surface area is 207 Å². The lowest BCUT2D eigenvalue weighted by Crippen LogP contribution is -2.36. The molecule has 5 rings (SSSR count). The van der Waals surface area contributed by atoms with Crippen molar-refractivity contribution < 1.29 is 35.4 Å². The molecule has 0 radical (unpaired) electrons. The molecular formula is C20H17F5N10O2. The van der Waals surface area contributed by atoms with Gasteiger partial charge in [-0.1, -0.05) is 5.16 Å². The first-order valence-corrected chi connectivity index (χ1v) is 10.4. The number of alkyl halides is 5. The lowest BCUT2D eigenvalue weighted by atomic mass is 9.83. The molecule has 37 heavy (non-hydrogen) atoms. The highest BCUT2D eigenvalue weighted by Crippen LogP contribution is 2.44. The fourth-order valence-corrected chi connectivity index (χ4v) is 3.88. The smallest absolute Gasteiger partial charge is 0.383 e. The number of amides is 1. The molecule has 1 atom stereocenters. The lowest BCUT2D eigenvalue weighted by Gasteiger charge is -2.19. The summed E-state index contributed by atoms with van der Waals surface area (Å²) in [4.78, 5) is 33.5. The zero-order valence-electron chi connectivity index (χ0n) is 21.9. The maximum Gasteiger partial charge on any atom is 0.453 e. The Morgan fingerprint density at radius 1 is 1.19 bits per heavy atom. The van der Waals surface area contributed by atoms with E-state index in [9.17, 15) is 26.7 Å². The third-order valence-electron chi connectivity index (χ3n) is 5.86. The van der Waals surface area contributed by atoms with Crippen molar-refractivity contribution in [3.63, 3.8) is 0 Å². The molecule has 1 unspecified atom stereocenters. The van der Waals surface area contributed by atoms with E-state index in [1.54, 1.807) is 0 Å². The molecule has 0 bridgehead atoms. The van der Waals surface area contributed by atoms with Gasteiger partial charge in [-0.05, 0) is 6.92 Å². The zero-order valence-corrected chi connectivity index (χ0v) is 18.9. The zero-order chi connectivity index (χ0) is 29.4. The average molecular weight is 527 g/mol. The van der Waals surface area contributed by atoms with E-state index in [2.05, 4.69) is 40.5 Å². The number of aryl methyl sites for hydroxylation is 3. The van der Waals surface area contributed by atoms with Gasteiger partial charge in [0.2, 0.25) is 11.8 Å². The predicted molar refractivity (Wildman–Crippen MR) is 115 cm³/mol. The van der Waals surface area contributed by atoms with Gasteiger partial charge in [0.1, 0.15) is 28.6 Å². The molecule has 3 N–H and O–H groups in total. The van der Waals surface area contributed by atoms with E-state index >= 15 is 0 Å². The third kappa shape index (κ3) is 3.72. The number of anilines is 2. The predicted octanol–water partition coefficient (Wildman–Crippen LogP) is 2.48. The Morgan fingerprint density at radius 2 is 1.95 bits per heavy atom. The first kappa shape index (κ1) is 20.8. The van der Waals surface area contributed by atoms with E-state index in [0.29, 0.717) is 4.68 Å². The molecule has 194 valence electrons. The normalized spacial score (nSPS) is 19.4. The number of nitrogen functional groups attached to an aromatic ring is 1. The number of fused-ring (bicyclic) bond motifs is 2. The van der Waals surface area contributed by atoms with Crippen LogP contribution in [0.4, 0.5) is 33.6 Å². The van der Waals surface area contributed by atoms with Crippen LogP contribution < -0.4 is 11.1 Å². The van der Waals surface area contributed by atoms with Crippen molar-refractivity contribution in [3.8, 4) is 11.5 Å². The molecule has 0 saturated heterocycles. The summed E-state index contributed by atoms with van der Waals surface area (Å²) in [5, 5.41) is 10.0. The van der Waals surface area contributed by atoms with Crippen molar-refractivity contribution in [1.82, 2.24) is 39.9 Å². The molecule has 1 aliphatic rings. The minimum Gasteiger partial charge on any atom is -0.383 e. The van der Waals surface area contributed by atoms with Crippen LogP contribution in [0.2, 0.25) is 0 Å². The summed E-state index contributed by atoms with van der Waals surface area (Å²) < 4.78 is 93.9. The molecule has 0 saturated carbocycles. The molecule has 17 heteroatoms. The highest BCUT2D eigenvalue weighted by Gasteiger charge is 2.56. The van der Waals surface area contributed by atoms with E-state index in [4.69, 9.17) is 14.4 Å².